The molecule has 0 radical (unpaired) electrons. The highest BCUT2D eigenvalue weighted by Crippen LogP contribution is 2.24. The van der Waals surface area contributed by atoms with E-state index in [1.165, 1.54) is 24.3 Å². The molecule has 0 fully saturated rings. The Morgan fingerprint density at radius 3 is 2.43 bits per heavy atom. The minimum Gasteiger partial charge on any atom is -0.438 e. The molecule has 0 bridgehead atoms. The predicted octanol–water partition coefficient (Wildman–Crippen LogP) is 3.53. The SMILES string of the molecule is O=S(=O)(Nc1ccc(Oc2ccc(-n3cccn3)nn2)cc1)c1cc(F)ccc1F. The lowest BCUT2D eigenvalue weighted by Gasteiger charge is -2.10. The number of halogens is 2. The molecule has 4 rings (SSSR count). The Hall–Kier alpha value is -3.86. The maximum Gasteiger partial charge on any atom is 0.264 e. The predicted molar refractivity (Wildman–Crippen MR) is 103 cm³/mol. The third-order valence-electron chi connectivity index (χ3n) is 3.88. The first-order valence-corrected chi connectivity index (χ1v) is 9.98. The number of anilines is 1. The van der Waals surface area contributed by atoms with Gasteiger partial charge in [0.1, 0.15) is 22.3 Å². The molecule has 2 heterocycles. The van der Waals surface area contributed by atoms with Crippen molar-refractivity contribution in [2.45, 2.75) is 4.90 Å². The van der Waals surface area contributed by atoms with Gasteiger partial charge >= 0.3 is 0 Å². The van der Waals surface area contributed by atoms with Crippen molar-refractivity contribution in [3.8, 4) is 17.4 Å². The molecule has 0 unspecified atom stereocenters. The van der Waals surface area contributed by atoms with E-state index >= 15 is 0 Å². The second-order valence-corrected chi connectivity index (χ2v) is 7.64. The normalized spacial score (nSPS) is 11.3. The average molecular weight is 429 g/mol. The lowest BCUT2D eigenvalue weighted by atomic mass is 10.3. The molecule has 0 atom stereocenters. The van der Waals surface area contributed by atoms with Crippen LogP contribution < -0.4 is 9.46 Å². The Morgan fingerprint density at radius 2 is 1.77 bits per heavy atom. The van der Waals surface area contributed by atoms with Gasteiger partial charge in [0.25, 0.3) is 10.0 Å². The van der Waals surface area contributed by atoms with E-state index in [1.807, 2.05) is 0 Å². The minimum absolute atomic E-state index is 0.145. The maximum absolute atomic E-state index is 13.8. The Bertz CT molecular complexity index is 1260. The summed E-state index contributed by atoms with van der Waals surface area (Å²) >= 11 is 0. The van der Waals surface area contributed by atoms with Crippen LogP contribution in [0.1, 0.15) is 0 Å². The van der Waals surface area contributed by atoms with Crippen molar-refractivity contribution in [2.24, 2.45) is 0 Å². The molecule has 0 spiro atoms. The highest BCUT2D eigenvalue weighted by atomic mass is 32.2. The Labute approximate surface area is 169 Å². The first-order chi connectivity index (χ1) is 14.4. The van der Waals surface area contributed by atoms with Gasteiger partial charge in [-0.25, -0.2) is 21.9 Å². The second-order valence-electron chi connectivity index (χ2n) is 5.99. The van der Waals surface area contributed by atoms with Gasteiger partial charge in [0.05, 0.1) is 0 Å². The van der Waals surface area contributed by atoms with Crippen molar-refractivity contribution in [1.29, 1.82) is 0 Å². The van der Waals surface area contributed by atoms with Crippen LogP contribution in [0.5, 0.6) is 11.6 Å². The van der Waals surface area contributed by atoms with Crippen LogP contribution in [-0.4, -0.2) is 28.4 Å². The number of sulfonamides is 1. The zero-order valence-corrected chi connectivity index (χ0v) is 15.9. The van der Waals surface area contributed by atoms with Crippen molar-refractivity contribution in [1.82, 2.24) is 20.0 Å². The van der Waals surface area contributed by atoms with E-state index < -0.39 is 26.6 Å². The van der Waals surface area contributed by atoms with Gasteiger partial charge in [-0.05, 0) is 54.6 Å². The van der Waals surface area contributed by atoms with Gasteiger partial charge in [0.2, 0.25) is 5.88 Å². The van der Waals surface area contributed by atoms with Crippen LogP contribution in [0.3, 0.4) is 0 Å². The van der Waals surface area contributed by atoms with Crippen LogP contribution in [0.4, 0.5) is 14.5 Å². The summed E-state index contributed by atoms with van der Waals surface area (Å²) in [7, 11) is -4.30. The van der Waals surface area contributed by atoms with E-state index in [2.05, 4.69) is 20.0 Å². The molecular formula is C19H13F2N5O3S. The van der Waals surface area contributed by atoms with E-state index in [1.54, 1.807) is 35.3 Å². The average Bonchev–Trinajstić information content (AvgIpc) is 3.26. The number of benzene rings is 2. The molecule has 11 heteroatoms. The molecule has 0 aliphatic heterocycles. The Kier molecular flexibility index (Phi) is 5.11. The summed E-state index contributed by atoms with van der Waals surface area (Å²) in [6.07, 6.45) is 3.34. The van der Waals surface area contributed by atoms with Crippen LogP contribution >= 0.6 is 0 Å². The van der Waals surface area contributed by atoms with Crippen LogP contribution in [0.2, 0.25) is 0 Å². The molecule has 1 N–H and O–H groups in total. The topological polar surface area (TPSA) is 99.0 Å². The highest BCUT2D eigenvalue weighted by molar-refractivity contribution is 7.92. The van der Waals surface area contributed by atoms with Gasteiger partial charge in [-0.15, -0.1) is 10.2 Å². The Balaban J connectivity index is 1.46. The van der Waals surface area contributed by atoms with Crippen molar-refractivity contribution in [2.75, 3.05) is 4.72 Å². The van der Waals surface area contributed by atoms with Gasteiger partial charge in [0, 0.05) is 24.1 Å². The zero-order valence-electron chi connectivity index (χ0n) is 15.1. The number of aromatic nitrogens is 4. The molecule has 8 nitrogen and oxygen atoms in total. The molecule has 0 saturated heterocycles. The summed E-state index contributed by atoms with van der Waals surface area (Å²) < 4.78 is 61.0. The summed E-state index contributed by atoms with van der Waals surface area (Å²) in [4.78, 5) is -0.782. The molecule has 0 amide bonds. The highest BCUT2D eigenvalue weighted by Gasteiger charge is 2.20. The lowest BCUT2D eigenvalue weighted by Crippen LogP contribution is -2.14. The van der Waals surface area contributed by atoms with E-state index in [-0.39, 0.29) is 11.6 Å². The third-order valence-corrected chi connectivity index (χ3v) is 5.27. The number of hydrogen-bond donors (Lipinski definition) is 1. The summed E-state index contributed by atoms with van der Waals surface area (Å²) in [5.41, 5.74) is 0.145. The zero-order chi connectivity index (χ0) is 21.1. The molecular weight excluding hydrogens is 416 g/mol. The van der Waals surface area contributed by atoms with E-state index in [4.69, 9.17) is 4.74 Å². The third kappa shape index (κ3) is 4.25. The molecule has 2 aromatic carbocycles. The number of ether oxygens (including phenoxy) is 1. The van der Waals surface area contributed by atoms with Gasteiger partial charge in [0.15, 0.2) is 5.82 Å². The smallest absolute Gasteiger partial charge is 0.264 e. The Morgan fingerprint density at radius 1 is 0.967 bits per heavy atom. The van der Waals surface area contributed by atoms with Crippen molar-refractivity contribution in [3.63, 3.8) is 0 Å². The summed E-state index contributed by atoms with van der Waals surface area (Å²) in [5.74, 6) is -0.806. The monoisotopic (exact) mass is 429 g/mol. The second kappa shape index (κ2) is 7.87. The van der Waals surface area contributed by atoms with Crippen LogP contribution in [0.25, 0.3) is 5.82 Å². The van der Waals surface area contributed by atoms with Gasteiger partial charge < -0.3 is 4.74 Å². The molecule has 0 aliphatic rings. The first kappa shape index (κ1) is 19.5. The largest absolute Gasteiger partial charge is 0.438 e. The summed E-state index contributed by atoms with van der Waals surface area (Å²) in [5, 5.41) is 12.0. The van der Waals surface area contributed by atoms with Crippen LogP contribution in [0.15, 0.2) is 78.0 Å². The number of hydrogen-bond acceptors (Lipinski definition) is 6. The summed E-state index contributed by atoms with van der Waals surface area (Å²) in [6.45, 7) is 0. The van der Waals surface area contributed by atoms with Gasteiger partial charge in [-0.1, -0.05) is 0 Å². The number of nitrogens with zero attached hydrogens (tertiary/aromatic N) is 4. The van der Waals surface area contributed by atoms with Gasteiger partial charge in [-0.3, -0.25) is 4.72 Å². The van der Waals surface area contributed by atoms with Crippen molar-refractivity contribution >= 4 is 15.7 Å². The van der Waals surface area contributed by atoms with Gasteiger partial charge in [-0.2, -0.15) is 5.10 Å². The molecule has 30 heavy (non-hydrogen) atoms. The number of nitrogens with one attached hydrogen (secondary N) is 1. The van der Waals surface area contributed by atoms with Crippen LogP contribution in [0, 0.1) is 11.6 Å². The molecule has 0 aliphatic carbocycles. The fourth-order valence-corrected chi connectivity index (χ4v) is 3.65. The van der Waals surface area contributed by atoms with E-state index in [0.717, 1.165) is 12.1 Å². The lowest BCUT2D eigenvalue weighted by molar-refractivity contribution is 0.454. The maximum atomic E-state index is 13.8. The fraction of sp³-hybridized carbons (Fsp3) is 0. The standard InChI is InChI=1S/C19H13F2N5O3S/c20-13-2-7-16(21)17(12-13)30(27,28)25-14-3-5-15(6-4-14)29-19-9-8-18(23-24-19)26-11-1-10-22-26/h1-12,25H. The van der Waals surface area contributed by atoms with Crippen LogP contribution in [-0.2, 0) is 10.0 Å². The van der Waals surface area contributed by atoms with E-state index in [9.17, 15) is 17.2 Å². The minimum atomic E-state index is -4.30. The summed E-state index contributed by atoms with van der Waals surface area (Å²) in [6, 6.07) is 13.0. The molecule has 0 saturated carbocycles. The van der Waals surface area contributed by atoms with Crippen molar-refractivity contribution in [3.05, 3.63) is 84.7 Å². The molecule has 4 aromatic rings. The molecule has 152 valence electrons. The van der Waals surface area contributed by atoms with E-state index in [0.29, 0.717) is 17.6 Å². The quantitative estimate of drug-likeness (QED) is 0.503. The molecule has 2 aromatic heterocycles. The fourth-order valence-electron chi connectivity index (χ4n) is 2.50. The first-order valence-electron chi connectivity index (χ1n) is 8.50. The number of rotatable bonds is 6. The van der Waals surface area contributed by atoms with Crippen molar-refractivity contribution < 1.29 is 21.9 Å².